The van der Waals surface area contributed by atoms with Gasteiger partial charge >= 0.3 is 0 Å². The summed E-state index contributed by atoms with van der Waals surface area (Å²) in [5, 5.41) is 3.07. The monoisotopic (exact) mass is 415 g/mol. The standard InChI is InChI=1S/C22H25N3O3.ClH/c23-16-9-10-19-15(12-16)4-1-7-20(19)24-21(26)14-28-18-6-2-5-17(13-18)25-11-3-8-22(25)27;/h2,5-6,9-10,12-13,20H,1,3-4,7-8,11,14,23H2,(H,24,26);1H. The van der Waals surface area contributed by atoms with E-state index in [4.69, 9.17) is 10.5 Å². The number of rotatable bonds is 5. The van der Waals surface area contributed by atoms with E-state index < -0.39 is 0 Å². The van der Waals surface area contributed by atoms with E-state index in [2.05, 4.69) is 5.32 Å². The van der Waals surface area contributed by atoms with Crippen molar-refractivity contribution >= 4 is 35.6 Å². The lowest BCUT2D eigenvalue weighted by Crippen LogP contribution is -2.34. The molecule has 1 aliphatic heterocycles. The topological polar surface area (TPSA) is 84.7 Å². The van der Waals surface area contributed by atoms with Crippen molar-refractivity contribution in [2.45, 2.75) is 38.1 Å². The normalized spacial score (nSPS) is 18.0. The highest BCUT2D eigenvalue weighted by Crippen LogP contribution is 2.31. The van der Waals surface area contributed by atoms with Crippen molar-refractivity contribution in [3.8, 4) is 5.75 Å². The van der Waals surface area contributed by atoms with Crippen LogP contribution in [0.1, 0.15) is 42.9 Å². The number of carbonyl (C=O) groups is 2. The summed E-state index contributed by atoms with van der Waals surface area (Å²) in [5.41, 5.74) is 9.80. The second kappa shape index (κ2) is 9.18. The zero-order chi connectivity index (χ0) is 19.5. The van der Waals surface area contributed by atoms with E-state index in [-0.39, 0.29) is 36.9 Å². The van der Waals surface area contributed by atoms with Crippen molar-refractivity contribution < 1.29 is 14.3 Å². The first-order valence-corrected chi connectivity index (χ1v) is 9.81. The molecule has 1 saturated heterocycles. The second-order valence-electron chi connectivity index (χ2n) is 7.41. The van der Waals surface area contributed by atoms with Crippen molar-refractivity contribution in [3.05, 3.63) is 53.6 Å². The van der Waals surface area contributed by atoms with Gasteiger partial charge < -0.3 is 20.7 Å². The summed E-state index contributed by atoms with van der Waals surface area (Å²) in [5.74, 6) is 0.563. The summed E-state index contributed by atoms with van der Waals surface area (Å²) in [6.45, 7) is 0.673. The minimum atomic E-state index is -0.155. The van der Waals surface area contributed by atoms with E-state index in [0.29, 0.717) is 12.2 Å². The van der Waals surface area contributed by atoms with Crippen LogP contribution in [0.15, 0.2) is 42.5 Å². The Morgan fingerprint density at radius 2 is 2.03 bits per heavy atom. The van der Waals surface area contributed by atoms with Crippen LogP contribution in [0.25, 0.3) is 0 Å². The molecule has 0 aromatic heterocycles. The minimum Gasteiger partial charge on any atom is -0.484 e. The first kappa shape index (κ1) is 21.0. The minimum absolute atomic E-state index is 0. The third-order valence-electron chi connectivity index (χ3n) is 5.39. The molecule has 1 fully saturated rings. The number of hydrogen-bond donors (Lipinski definition) is 2. The fraction of sp³-hybridized carbons (Fsp3) is 0.364. The number of halogens is 1. The van der Waals surface area contributed by atoms with Gasteiger partial charge in [-0.3, -0.25) is 9.59 Å². The highest BCUT2D eigenvalue weighted by Gasteiger charge is 2.23. The van der Waals surface area contributed by atoms with Crippen LogP contribution < -0.4 is 20.7 Å². The number of carbonyl (C=O) groups excluding carboxylic acids is 2. The molecule has 1 unspecified atom stereocenters. The molecule has 0 bridgehead atoms. The molecule has 1 aliphatic carbocycles. The molecule has 7 heteroatoms. The number of nitrogens with zero attached hydrogens (tertiary/aromatic N) is 1. The van der Waals surface area contributed by atoms with Crippen molar-refractivity contribution in [1.82, 2.24) is 5.32 Å². The maximum absolute atomic E-state index is 12.4. The number of nitrogens with one attached hydrogen (secondary N) is 1. The van der Waals surface area contributed by atoms with Crippen LogP contribution in [0.2, 0.25) is 0 Å². The van der Waals surface area contributed by atoms with Gasteiger partial charge in [0.25, 0.3) is 5.91 Å². The molecule has 4 rings (SSSR count). The number of aryl methyl sites for hydroxylation is 1. The van der Waals surface area contributed by atoms with E-state index in [0.717, 1.165) is 49.2 Å². The van der Waals surface area contributed by atoms with Gasteiger partial charge in [0.05, 0.1) is 6.04 Å². The fourth-order valence-corrected chi connectivity index (χ4v) is 4.03. The molecule has 3 N–H and O–H groups in total. The molecular formula is C22H26ClN3O3. The van der Waals surface area contributed by atoms with Crippen LogP contribution in [-0.4, -0.2) is 25.0 Å². The van der Waals surface area contributed by atoms with Crippen molar-refractivity contribution in [3.63, 3.8) is 0 Å². The highest BCUT2D eigenvalue weighted by atomic mass is 35.5. The van der Waals surface area contributed by atoms with Crippen LogP contribution in [0.4, 0.5) is 11.4 Å². The van der Waals surface area contributed by atoms with Gasteiger partial charge in [0.2, 0.25) is 5.91 Å². The summed E-state index contributed by atoms with van der Waals surface area (Å²) in [4.78, 5) is 26.1. The third-order valence-corrected chi connectivity index (χ3v) is 5.39. The number of ether oxygens (including phenoxy) is 1. The average Bonchev–Trinajstić information content (AvgIpc) is 3.12. The number of fused-ring (bicyclic) bond motifs is 1. The van der Waals surface area contributed by atoms with E-state index >= 15 is 0 Å². The molecule has 1 heterocycles. The number of nitrogen functional groups attached to an aromatic ring is 1. The van der Waals surface area contributed by atoms with Crippen LogP contribution in [-0.2, 0) is 16.0 Å². The summed E-state index contributed by atoms with van der Waals surface area (Å²) >= 11 is 0. The van der Waals surface area contributed by atoms with Gasteiger partial charge in [0.15, 0.2) is 6.61 Å². The van der Waals surface area contributed by atoms with Gasteiger partial charge in [-0.15, -0.1) is 12.4 Å². The Kier molecular flexibility index (Phi) is 6.64. The van der Waals surface area contributed by atoms with E-state index in [1.54, 1.807) is 11.0 Å². The van der Waals surface area contributed by atoms with Crippen LogP contribution >= 0.6 is 12.4 Å². The largest absolute Gasteiger partial charge is 0.484 e. The molecule has 1 atom stereocenters. The molecule has 2 aliphatic rings. The van der Waals surface area contributed by atoms with Crippen molar-refractivity contribution in [2.24, 2.45) is 0 Å². The molecule has 2 amide bonds. The molecule has 0 saturated carbocycles. The number of hydrogen-bond acceptors (Lipinski definition) is 4. The number of benzene rings is 2. The molecular weight excluding hydrogens is 390 g/mol. The molecule has 6 nitrogen and oxygen atoms in total. The smallest absolute Gasteiger partial charge is 0.258 e. The molecule has 0 radical (unpaired) electrons. The van der Waals surface area contributed by atoms with Gasteiger partial charge in [-0.05, 0) is 61.1 Å². The summed E-state index contributed by atoms with van der Waals surface area (Å²) < 4.78 is 5.68. The van der Waals surface area contributed by atoms with Crippen molar-refractivity contribution in [1.29, 1.82) is 0 Å². The molecule has 154 valence electrons. The Labute approximate surface area is 176 Å². The Bertz CT molecular complexity index is 903. The van der Waals surface area contributed by atoms with Crippen LogP contribution in [0.3, 0.4) is 0 Å². The van der Waals surface area contributed by atoms with E-state index in [9.17, 15) is 9.59 Å². The zero-order valence-electron chi connectivity index (χ0n) is 16.2. The maximum atomic E-state index is 12.4. The van der Waals surface area contributed by atoms with Gasteiger partial charge in [-0.2, -0.15) is 0 Å². The molecule has 0 spiro atoms. The fourth-order valence-electron chi connectivity index (χ4n) is 4.03. The predicted octanol–water partition coefficient (Wildman–Crippen LogP) is 3.39. The first-order valence-electron chi connectivity index (χ1n) is 9.81. The van der Waals surface area contributed by atoms with Crippen LogP contribution in [0.5, 0.6) is 5.75 Å². The second-order valence-corrected chi connectivity index (χ2v) is 7.41. The number of amides is 2. The molecule has 2 aromatic rings. The maximum Gasteiger partial charge on any atom is 0.258 e. The summed E-state index contributed by atoms with van der Waals surface area (Å²) in [7, 11) is 0. The quantitative estimate of drug-likeness (QED) is 0.733. The zero-order valence-corrected chi connectivity index (χ0v) is 17.0. The van der Waals surface area contributed by atoms with Crippen LogP contribution in [0, 0.1) is 0 Å². The number of nitrogens with two attached hydrogens (primary N) is 1. The Balaban J connectivity index is 0.00000240. The van der Waals surface area contributed by atoms with Gasteiger partial charge in [-0.1, -0.05) is 12.1 Å². The molecule has 29 heavy (non-hydrogen) atoms. The number of anilines is 2. The molecule has 2 aromatic carbocycles. The third kappa shape index (κ3) is 4.82. The first-order chi connectivity index (χ1) is 13.6. The van der Waals surface area contributed by atoms with Gasteiger partial charge in [-0.25, -0.2) is 0 Å². The Hall–Kier alpha value is -2.73. The lowest BCUT2D eigenvalue weighted by Gasteiger charge is -2.26. The van der Waals surface area contributed by atoms with E-state index in [1.807, 2.05) is 36.4 Å². The summed E-state index contributed by atoms with van der Waals surface area (Å²) in [6, 6.07) is 13.2. The van der Waals surface area contributed by atoms with Gasteiger partial charge in [0.1, 0.15) is 5.75 Å². The lowest BCUT2D eigenvalue weighted by atomic mass is 9.87. The van der Waals surface area contributed by atoms with Gasteiger partial charge in [0, 0.05) is 30.4 Å². The predicted molar refractivity (Wildman–Crippen MR) is 115 cm³/mol. The lowest BCUT2D eigenvalue weighted by molar-refractivity contribution is -0.124. The Morgan fingerprint density at radius 3 is 2.83 bits per heavy atom. The average molecular weight is 416 g/mol. The SMILES string of the molecule is Cl.Nc1ccc2c(c1)CCCC2NC(=O)COc1cccc(N2CCCC2=O)c1. The highest BCUT2D eigenvalue weighted by molar-refractivity contribution is 5.95. The van der Waals surface area contributed by atoms with Crippen molar-refractivity contribution in [2.75, 3.05) is 23.8 Å². The summed E-state index contributed by atoms with van der Waals surface area (Å²) in [6.07, 6.45) is 4.39. The van der Waals surface area contributed by atoms with E-state index in [1.165, 1.54) is 5.56 Å². The Morgan fingerprint density at radius 1 is 1.17 bits per heavy atom.